The lowest BCUT2D eigenvalue weighted by Gasteiger charge is -2.04. The molecule has 0 radical (unpaired) electrons. The minimum absolute atomic E-state index is 0.315. The van der Waals surface area contributed by atoms with Crippen LogP contribution in [0.4, 0.5) is 4.39 Å². The third kappa shape index (κ3) is 3.14. The molecule has 1 N–H and O–H groups in total. The molecule has 2 aromatic rings. The van der Waals surface area contributed by atoms with E-state index in [4.69, 9.17) is 0 Å². The van der Waals surface area contributed by atoms with Crippen LogP contribution in [0.1, 0.15) is 19.5 Å². The van der Waals surface area contributed by atoms with Gasteiger partial charge in [0.05, 0.1) is 22.1 Å². The zero-order valence-electron chi connectivity index (χ0n) is 10.2. The molecule has 0 aliphatic rings. The van der Waals surface area contributed by atoms with Gasteiger partial charge in [0.1, 0.15) is 5.82 Å². The van der Waals surface area contributed by atoms with Gasteiger partial charge in [-0.2, -0.15) is 0 Å². The molecule has 6 heteroatoms. The van der Waals surface area contributed by atoms with E-state index in [0.717, 1.165) is 5.69 Å². The molecule has 0 bridgehead atoms. The number of halogens is 2. The Balaban J connectivity index is 2.16. The van der Waals surface area contributed by atoms with Crippen molar-refractivity contribution in [1.29, 1.82) is 0 Å². The molecule has 4 nitrogen and oxygen atoms in total. The highest BCUT2D eigenvalue weighted by Gasteiger charge is 2.06. The summed E-state index contributed by atoms with van der Waals surface area (Å²) in [7, 11) is 0. The third-order valence-electron chi connectivity index (χ3n) is 2.40. The number of aromatic nitrogens is 3. The first-order valence-electron chi connectivity index (χ1n) is 5.66. The summed E-state index contributed by atoms with van der Waals surface area (Å²) in [5, 5.41) is 11.3. The maximum absolute atomic E-state index is 13.4. The van der Waals surface area contributed by atoms with E-state index in [1.165, 1.54) is 6.07 Å². The van der Waals surface area contributed by atoms with E-state index >= 15 is 0 Å². The Kier molecular flexibility index (Phi) is 4.08. The molecule has 0 atom stereocenters. The monoisotopic (exact) mass is 312 g/mol. The molecule has 0 unspecified atom stereocenters. The number of nitrogens with one attached hydrogen (secondary N) is 1. The van der Waals surface area contributed by atoms with Gasteiger partial charge in [-0.1, -0.05) is 19.1 Å². The number of nitrogens with zero attached hydrogens (tertiary/aromatic N) is 3. The smallest absolute Gasteiger partial charge is 0.139 e. The first kappa shape index (κ1) is 13.2. The molecule has 1 heterocycles. The normalized spacial score (nSPS) is 11.2. The van der Waals surface area contributed by atoms with Crippen molar-refractivity contribution in [2.45, 2.75) is 26.4 Å². The SMILES string of the molecule is CC(C)NCc1cn(-c2ccc(Br)c(F)c2)nn1. The van der Waals surface area contributed by atoms with Gasteiger partial charge in [-0.15, -0.1) is 5.10 Å². The summed E-state index contributed by atoms with van der Waals surface area (Å²) in [6.07, 6.45) is 1.79. The molecule has 96 valence electrons. The predicted octanol–water partition coefficient (Wildman–Crippen LogP) is 2.67. The molecule has 0 amide bonds. The molecule has 18 heavy (non-hydrogen) atoms. The van der Waals surface area contributed by atoms with E-state index < -0.39 is 0 Å². The Hall–Kier alpha value is -1.27. The quantitative estimate of drug-likeness (QED) is 0.944. The summed E-state index contributed by atoms with van der Waals surface area (Å²) in [6, 6.07) is 5.23. The molecule has 2 rings (SSSR count). The van der Waals surface area contributed by atoms with Crippen LogP contribution in [0.5, 0.6) is 0 Å². The first-order valence-corrected chi connectivity index (χ1v) is 6.45. The van der Waals surface area contributed by atoms with Crippen molar-refractivity contribution in [3.8, 4) is 5.69 Å². The largest absolute Gasteiger partial charge is 0.309 e. The van der Waals surface area contributed by atoms with Crippen LogP contribution in [-0.4, -0.2) is 21.0 Å². The van der Waals surface area contributed by atoms with Gasteiger partial charge in [-0.25, -0.2) is 9.07 Å². The van der Waals surface area contributed by atoms with Crippen LogP contribution >= 0.6 is 15.9 Å². The molecule has 1 aromatic heterocycles. The molecular formula is C12H14BrFN4. The lowest BCUT2D eigenvalue weighted by molar-refractivity contribution is 0.580. The third-order valence-corrected chi connectivity index (χ3v) is 3.04. The average Bonchev–Trinajstić information content (AvgIpc) is 2.79. The Labute approximate surface area is 113 Å². The van der Waals surface area contributed by atoms with E-state index in [-0.39, 0.29) is 5.82 Å². The Morgan fingerprint density at radius 2 is 2.22 bits per heavy atom. The fourth-order valence-electron chi connectivity index (χ4n) is 1.44. The molecule has 0 fully saturated rings. The van der Waals surface area contributed by atoms with Crippen molar-refractivity contribution in [1.82, 2.24) is 20.3 Å². The van der Waals surface area contributed by atoms with E-state index in [1.807, 2.05) is 0 Å². The van der Waals surface area contributed by atoms with Crippen molar-refractivity contribution < 1.29 is 4.39 Å². The lowest BCUT2D eigenvalue weighted by Crippen LogP contribution is -2.21. The molecule has 1 aromatic carbocycles. The molecule has 0 aliphatic carbocycles. The van der Waals surface area contributed by atoms with Gasteiger partial charge < -0.3 is 5.32 Å². The minimum atomic E-state index is -0.315. The maximum Gasteiger partial charge on any atom is 0.139 e. The van der Waals surface area contributed by atoms with E-state index in [0.29, 0.717) is 22.7 Å². The predicted molar refractivity (Wildman–Crippen MR) is 71.0 cm³/mol. The summed E-state index contributed by atoms with van der Waals surface area (Å²) in [4.78, 5) is 0. The second-order valence-electron chi connectivity index (χ2n) is 4.29. The van der Waals surface area contributed by atoms with Gasteiger partial charge in [0.25, 0.3) is 0 Å². The summed E-state index contributed by atoms with van der Waals surface area (Å²) in [6.45, 7) is 4.78. The Bertz CT molecular complexity index is 539. The van der Waals surface area contributed by atoms with Crippen molar-refractivity contribution in [2.75, 3.05) is 0 Å². The van der Waals surface area contributed by atoms with Gasteiger partial charge in [-0.3, -0.25) is 0 Å². The average molecular weight is 313 g/mol. The highest BCUT2D eigenvalue weighted by Crippen LogP contribution is 2.18. The standard InChI is InChI=1S/C12H14BrFN4/c1-8(2)15-6-9-7-18(17-16-9)10-3-4-11(13)12(14)5-10/h3-5,7-8,15H,6H2,1-2H3. The van der Waals surface area contributed by atoms with Crippen LogP contribution in [-0.2, 0) is 6.54 Å². The topological polar surface area (TPSA) is 42.7 Å². The van der Waals surface area contributed by atoms with Gasteiger partial charge in [0.15, 0.2) is 0 Å². The lowest BCUT2D eigenvalue weighted by atomic mass is 10.3. The van der Waals surface area contributed by atoms with Crippen molar-refractivity contribution in [3.05, 3.63) is 40.4 Å². The zero-order chi connectivity index (χ0) is 13.1. The molecule has 0 aliphatic heterocycles. The summed E-state index contributed by atoms with van der Waals surface area (Å²) >= 11 is 3.12. The van der Waals surface area contributed by atoms with Crippen LogP contribution in [0.2, 0.25) is 0 Å². The summed E-state index contributed by atoms with van der Waals surface area (Å²) in [5.74, 6) is -0.315. The summed E-state index contributed by atoms with van der Waals surface area (Å²) < 4.78 is 15.4. The van der Waals surface area contributed by atoms with Crippen molar-refractivity contribution >= 4 is 15.9 Å². The minimum Gasteiger partial charge on any atom is -0.309 e. The van der Waals surface area contributed by atoms with Crippen LogP contribution in [0.3, 0.4) is 0 Å². The maximum atomic E-state index is 13.4. The van der Waals surface area contributed by atoms with Crippen molar-refractivity contribution in [3.63, 3.8) is 0 Å². The zero-order valence-corrected chi connectivity index (χ0v) is 11.8. The Morgan fingerprint density at radius 3 is 2.89 bits per heavy atom. The molecule has 0 saturated heterocycles. The van der Waals surface area contributed by atoms with Gasteiger partial charge in [0, 0.05) is 18.7 Å². The Morgan fingerprint density at radius 1 is 1.44 bits per heavy atom. The fraction of sp³-hybridized carbons (Fsp3) is 0.333. The van der Waals surface area contributed by atoms with E-state index in [2.05, 4.69) is 45.4 Å². The fourth-order valence-corrected chi connectivity index (χ4v) is 1.69. The van der Waals surface area contributed by atoms with Crippen LogP contribution in [0, 0.1) is 5.82 Å². The van der Waals surface area contributed by atoms with E-state index in [1.54, 1.807) is 23.0 Å². The van der Waals surface area contributed by atoms with Gasteiger partial charge in [-0.05, 0) is 28.1 Å². The number of rotatable bonds is 4. The highest BCUT2D eigenvalue weighted by molar-refractivity contribution is 9.10. The second-order valence-corrected chi connectivity index (χ2v) is 5.14. The van der Waals surface area contributed by atoms with Crippen molar-refractivity contribution in [2.24, 2.45) is 0 Å². The number of hydrogen-bond donors (Lipinski definition) is 1. The van der Waals surface area contributed by atoms with E-state index in [9.17, 15) is 4.39 Å². The van der Waals surface area contributed by atoms with Crippen LogP contribution < -0.4 is 5.32 Å². The molecular weight excluding hydrogens is 299 g/mol. The van der Waals surface area contributed by atoms with Crippen LogP contribution in [0.25, 0.3) is 5.69 Å². The number of benzene rings is 1. The number of hydrogen-bond acceptors (Lipinski definition) is 3. The summed E-state index contributed by atoms with van der Waals surface area (Å²) in [5.41, 5.74) is 1.48. The van der Waals surface area contributed by atoms with Gasteiger partial charge >= 0.3 is 0 Å². The first-order chi connectivity index (χ1) is 8.56. The van der Waals surface area contributed by atoms with Gasteiger partial charge in [0.2, 0.25) is 0 Å². The van der Waals surface area contributed by atoms with Crippen LogP contribution in [0.15, 0.2) is 28.9 Å². The second kappa shape index (κ2) is 5.58. The molecule has 0 saturated carbocycles. The highest BCUT2D eigenvalue weighted by atomic mass is 79.9. The molecule has 0 spiro atoms.